The van der Waals surface area contributed by atoms with Gasteiger partial charge in [0.05, 0.1) is 15.9 Å². The first-order chi connectivity index (χ1) is 16.9. The smallest absolute Gasteiger partial charge is 0.251 e. The van der Waals surface area contributed by atoms with Crippen molar-refractivity contribution in [3.63, 3.8) is 0 Å². The number of hydrogen-bond donors (Lipinski definition) is 1. The Morgan fingerprint density at radius 2 is 1.69 bits per heavy atom. The van der Waals surface area contributed by atoms with Gasteiger partial charge in [0.1, 0.15) is 0 Å². The van der Waals surface area contributed by atoms with Crippen LogP contribution in [0.3, 0.4) is 0 Å². The number of anilines is 2. The van der Waals surface area contributed by atoms with Gasteiger partial charge in [-0.25, -0.2) is 4.98 Å². The Bertz CT molecular complexity index is 1260. The second-order valence-electron chi connectivity index (χ2n) is 9.18. The number of hydrogen-bond acceptors (Lipinski definition) is 7. The van der Waals surface area contributed by atoms with E-state index in [-0.39, 0.29) is 30.6 Å². The molecule has 2 aliphatic rings. The number of aromatic nitrogens is 1. The molecule has 9 heteroatoms. The van der Waals surface area contributed by atoms with Crippen molar-refractivity contribution in [1.29, 1.82) is 0 Å². The van der Waals surface area contributed by atoms with E-state index in [0.717, 1.165) is 43.4 Å². The van der Waals surface area contributed by atoms with Crippen LogP contribution in [0.2, 0.25) is 0 Å². The van der Waals surface area contributed by atoms with Crippen molar-refractivity contribution in [1.82, 2.24) is 15.2 Å². The van der Waals surface area contributed by atoms with Gasteiger partial charge in [0.25, 0.3) is 5.91 Å². The predicted octanol–water partition coefficient (Wildman–Crippen LogP) is 3.12. The fourth-order valence-electron chi connectivity index (χ4n) is 4.72. The normalized spacial score (nSPS) is 17.0. The van der Waals surface area contributed by atoms with Gasteiger partial charge in [-0.3, -0.25) is 24.2 Å². The molecule has 3 aromatic rings. The largest absolute Gasteiger partial charge is 0.351 e. The number of nitrogens with zero attached hydrogens (tertiary/aromatic N) is 4. The first kappa shape index (κ1) is 23.4. The molecule has 1 N–H and O–H groups in total. The summed E-state index contributed by atoms with van der Waals surface area (Å²) in [6.07, 6.45) is 0.491. The molecule has 3 amide bonds. The third-order valence-corrected chi connectivity index (χ3v) is 7.87. The Balaban J connectivity index is 1.09. The maximum Gasteiger partial charge on any atom is 0.251 e. The fraction of sp³-hybridized carbons (Fsp3) is 0.385. The van der Waals surface area contributed by atoms with Gasteiger partial charge < -0.3 is 10.2 Å². The van der Waals surface area contributed by atoms with Gasteiger partial charge in [-0.05, 0) is 55.3 Å². The highest BCUT2D eigenvalue weighted by molar-refractivity contribution is 7.22. The van der Waals surface area contributed by atoms with Crippen molar-refractivity contribution in [2.45, 2.75) is 26.7 Å². The van der Waals surface area contributed by atoms with Crippen molar-refractivity contribution in [2.24, 2.45) is 0 Å². The van der Waals surface area contributed by atoms with Crippen LogP contribution >= 0.6 is 11.3 Å². The van der Waals surface area contributed by atoms with E-state index in [9.17, 15) is 14.4 Å². The highest BCUT2D eigenvalue weighted by Gasteiger charge is 2.30. The lowest BCUT2D eigenvalue weighted by Crippen LogP contribution is -2.48. The van der Waals surface area contributed by atoms with Crippen molar-refractivity contribution in [3.05, 3.63) is 53.1 Å². The Morgan fingerprint density at radius 1 is 1.00 bits per heavy atom. The molecular weight excluding hydrogens is 462 g/mol. The lowest BCUT2D eigenvalue weighted by molar-refractivity contribution is -0.121. The van der Waals surface area contributed by atoms with E-state index in [1.165, 1.54) is 20.7 Å². The third kappa shape index (κ3) is 4.92. The number of benzene rings is 2. The number of fused-ring (bicyclic) bond motifs is 1. The number of amides is 3. The first-order valence-electron chi connectivity index (χ1n) is 12.0. The zero-order chi connectivity index (χ0) is 24.5. The minimum Gasteiger partial charge on any atom is -0.351 e. The molecule has 2 saturated heterocycles. The van der Waals surface area contributed by atoms with Crippen molar-refractivity contribution in [2.75, 3.05) is 49.1 Å². The lowest BCUT2D eigenvalue weighted by atomic mass is 10.1. The molecule has 2 aliphatic heterocycles. The van der Waals surface area contributed by atoms with Crippen LogP contribution in [-0.4, -0.2) is 66.9 Å². The molecule has 3 heterocycles. The summed E-state index contributed by atoms with van der Waals surface area (Å²) in [6, 6.07) is 11.0. The molecule has 0 spiro atoms. The molecule has 2 fully saturated rings. The Morgan fingerprint density at radius 3 is 2.37 bits per heavy atom. The first-order valence-corrected chi connectivity index (χ1v) is 12.8. The number of carbonyl (C=O) groups excluding carboxylic acids is 3. The van der Waals surface area contributed by atoms with Gasteiger partial charge in [0.2, 0.25) is 11.8 Å². The molecule has 5 rings (SSSR count). The molecule has 182 valence electrons. The molecule has 35 heavy (non-hydrogen) atoms. The number of aryl methyl sites for hydroxylation is 2. The quantitative estimate of drug-likeness (QED) is 0.534. The van der Waals surface area contributed by atoms with E-state index >= 15 is 0 Å². The summed E-state index contributed by atoms with van der Waals surface area (Å²) in [5.74, 6) is -0.546. The van der Waals surface area contributed by atoms with E-state index in [2.05, 4.69) is 41.1 Å². The van der Waals surface area contributed by atoms with E-state index in [1.54, 1.807) is 35.6 Å². The maximum atomic E-state index is 12.5. The fourth-order valence-corrected chi connectivity index (χ4v) is 5.79. The average molecular weight is 492 g/mol. The summed E-state index contributed by atoms with van der Waals surface area (Å²) >= 11 is 1.77. The number of imide groups is 1. The van der Waals surface area contributed by atoms with Crippen LogP contribution in [0.5, 0.6) is 0 Å². The monoisotopic (exact) mass is 491 g/mol. The zero-order valence-corrected chi connectivity index (χ0v) is 20.9. The van der Waals surface area contributed by atoms with Crippen LogP contribution < -0.4 is 15.1 Å². The van der Waals surface area contributed by atoms with Crippen LogP contribution in [0, 0.1) is 13.8 Å². The molecule has 0 saturated carbocycles. The molecule has 0 atom stereocenters. The minimum absolute atomic E-state index is 0.158. The van der Waals surface area contributed by atoms with Gasteiger partial charge in [-0.1, -0.05) is 17.4 Å². The predicted molar refractivity (Wildman–Crippen MR) is 138 cm³/mol. The minimum atomic E-state index is -0.194. The molecule has 0 aliphatic carbocycles. The Hall–Kier alpha value is -3.30. The van der Waals surface area contributed by atoms with Gasteiger partial charge >= 0.3 is 0 Å². The highest BCUT2D eigenvalue weighted by atomic mass is 32.1. The molecule has 0 bridgehead atoms. The molecule has 1 aromatic heterocycles. The van der Waals surface area contributed by atoms with Crippen molar-refractivity contribution >= 4 is 50.1 Å². The van der Waals surface area contributed by atoms with Gasteiger partial charge in [-0.2, -0.15) is 0 Å². The number of carbonyl (C=O) groups is 3. The summed E-state index contributed by atoms with van der Waals surface area (Å²) in [6.45, 7) is 9.29. The molecule has 2 aromatic carbocycles. The summed E-state index contributed by atoms with van der Waals surface area (Å²) in [7, 11) is 0. The van der Waals surface area contributed by atoms with Crippen LogP contribution in [-0.2, 0) is 9.59 Å². The van der Waals surface area contributed by atoms with Gasteiger partial charge in [0, 0.05) is 57.7 Å². The van der Waals surface area contributed by atoms with E-state index < -0.39 is 0 Å². The lowest BCUT2D eigenvalue weighted by Gasteiger charge is -2.34. The highest BCUT2D eigenvalue weighted by Crippen LogP contribution is 2.32. The third-order valence-electron chi connectivity index (χ3n) is 6.60. The van der Waals surface area contributed by atoms with Gasteiger partial charge in [-0.15, -0.1) is 0 Å². The number of piperazine rings is 1. The van der Waals surface area contributed by atoms with E-state index in [1.807, 2.05) is 0 Å². The SMILES string of the molecule is Cc1cc(C)c2sc(N3CCN(CCNC(=O)c4ccc(N5C(=O)CCC5=O)cc4)CC3)nc2c1. The molecule has 8 nitrogen and oxygen atoms in total. The second-order valence-corrected chi connectivity index (χ2v) is 10.2. The van der Waals surface area contributed by atoms with Crippen LogP contribution in [0.15, 0.2) is 36.4 Å². The average Bonchev–Trinajstić information content (AvgIpc) is 3.42. The van der Waals surface area contributed by atoms with E-state index in [0.29, 0.717) is 17.8 Å². The van der Waals surface area contributed by atoms with Crippen molar-refractivity contribution in [3.8, 4) is 0 Å². The summed E-state index contributed by atoms with van der Waals surface area (Å²) in [4.78, 5) is 47.1. The topological polar surface area (TPSA) is 85.9 Å². The summed E-state index contributed by atoms with van der Waals surface area (Å²) in [5.41, 5.74) is 4.64. The second kappa shape index (κ2) is 9.75. The Labute approximate surface area is 208 Å². The standard InChI is InChI=1S/C26H29N5O3S/c1-17-15-18(2)24-21(16-17)28-26(35-24)30-13-11-29(12-14-30)10-9-27-25(34)19-3-5-20(6-4-19)31-22(32)7-8-23(31)33/h3-6,15-16H,7-14H2,1-2H3,(H,27,34). The van der Waals surface area contributed by atoms with Crippen LogP contribution in [0.1, 0.15) is 34.3 Å². The number of thiazole rings is 1. The van der Waals surface area contributed by atoms with Gasteiger partial charge in [0.15, 0.2) is 5.13 Å². The van der Waals surface area contributed by atoms with Crippen LogP contribution in [0.25, 0.3) is 10.2 Å². The van der Waals surface area contributed by atoms with E-state index in [4.69, 9.17) is 4.98 Å². The molecule has 0 unspecified atom stereocenters. The molecular formula is C26H29N5O3S. The number of nitrogens with one attached hydrogen (secondary N) is 1. The van der Waals surface area contributed by atoms with Crippen molar-refractivity contribution < 1.29 is 14.4 Å². The van der Waals surface area contributed by atoms with Crippen LogP contribution in [0.4, 0.5) is 10.8 Å². The summed E-state index contributed by atoms with van der Waals surface area (Å²) < 4.78 is 1.27. The number of rotatable bonds is 6. The zero-order valence-electron chi connectivity index (χ0n) is 20.0. The molecule has 0 radical (unpaired) electrons. The maximum absolute atomic E-state index is 12.5. The summed E-state index contributed by atoms with van der Waals surface area (Å²) in [5, 5.41) is 4.06. The Kier molecular flexibility index (Phi) is 6.53.